The van der Waals surface area contributed by atoms with Gasteiger partial charge >= 0.3 is 7.82 Å². The van der Waals surface area contributed by atoms with Crippen LogP contribution < -0.4 is 23.3 Å². The summed E-state index contributed by atoms with van der Waals surface area (Å²) < 4.78 is 68.2. The molecule has 6 atom stereocenters. The molecule has 12 nitrogen and oxygen atoms in total. The molecule has 1 saturated carbocycles. The van der Waals surface area contributed by atoms with E-state index >= 15 is 0 Å². The zero-order valence-electron chi connectivity index (χ0n) is 30.7. The van der Waals surface area contributed by atoms with Gasteiger partial charge in [-0.2, -0.15) is 0 Å². The van der Waals surface area contributed by atoms with E-state index in [1.54, 1.807) is 118 Å². The smallest absolute Gasteiger partial charge is 0.497 e. The van der Waals surface area contributed by atoms with Gasteiger partial charge in [0.2, 0.25) is 0 Å². The number of hydrogen-bond donors (Lipinski definition) is 2. The van der Waals surface area contributed by atoms with Crippen molar-refractivity contribution in [2.75, 3.05) is 21.3 Å². The van der Waals surface area contributed by atoms with Crippen molar-refractivity contribution in [3.05, 3.63) is 150 Å². The Kier molecular flexibility index (Phi) is 13.8. The number of benzene rings is 5. The summed E-state index contributed by atoms with van der Waals surface area (Å²) in [6.07, 6.45) is -8.29. The predicted molar refractivity (Wildman–Crippen MR) is 203 cm³/mol. The van der Waals surface area contributed by atoms with Crippen LogP contribution in [0.15, 0.2) is 133 Å². The molecule has 5 aromatic carbocycles. The predicted octanol–water partition coefficient (Wildman–Crippen LogP) is 7.16. The summed E-state index contributed by atoms with van der Waals surface area (Å²) in [5, 5.41) is 24.1. The number of ether oxygens (including phenoxy) is 6. The van der Waals surface area contributed by atoms with Gasteiger partial charge < -0.3 is 47.7 Å². The molecule has 13 heteroatoms. The first kappa shape index (κ1) is 39.8. The van der Waals surface area contributed by atoms with Gasteiger partial charge in [0, 0.05) is 0 Å². The summed E-state index contributed by atoms with van der Waals surface area (Å²) in [7, 11) is 0.0883. The second kappa shape index (κ2) is 19.1. The third kappa shape index (κ3) is 10.7. The number of methoxy groups -OCH3 is 3. The number of hydrogen-bond acceptors (Lipinski definition) is 12. The third-order valence-electron chi connectivity index (χ3n) is 8.97. The van der Waals surface area contributed by atoms with Gasteiger partial charge in [0.15, 0.2) is 0 Å². The summed E-state index contributed by atoms with van der Waals surface area (Å²) in [6.45, 7) is 0.000356. The van der Waals surface area contributed by atoms with Crippen molar-refractivity contribution in [3.8, 4) is 28.7 Å². The molecule has 0 aromatic heterocycles. The third-order valence-corrected chi connectivity index (χ3v) is 10.3. The minimum absolute atomic E-state index is 0.0124. The molecule has 0 saturated heterocycles. The summed E-state index contributed by atoms with van der Waals surface area (Å²) in [5.74, 6) is 2.38. The minimum atomic E-state index is -4.63. The van der Waals surface area contributed by atoms with E-state index < -0.39 is 44.4 Å². The lowest BCUT2D eigenvalue weighted by Crippen LogP contribution is -2.66. The lowest BCUT2D eigenvalue weighted by atomic mass is 9.84. The highest BCUT2D eigenvalue weighted by Gasteiger charge is 2.56. The summed E-state index contributed by atoms with van der Waals surface area (Å²) in [6, 6.07) is 38.4. The minimum Gasteiger partial charge on any atom is -0.497 e. The number of aliphatic hydroxyl groups excluding tert-OH is 2. The van der Waals surface area contributed by atoms with E-state index in [0.29, 0.717) is 17.2 Å². The Morgan fingerprint density at radius 1 is 0.436 bits per heavy atom. The molecule has 2 N–H and O–H groups in total. The van der Waals surface area contributed by atoms with Crippen LogP contribution in [-0.2, 0) is 43.1 Å². The van der Waals surface area contributed by atoms with Crippen molar-refractivity contribution in [1.82, 2.24) is 0 Å². The number of phosphoric acid groups is 1. The maximum atomic E-state index is 14.8. The average molecular weight is 773 g/mol. The SMILES string of the molecule is COc1ccc(COC2[C@@H](O)[C@@H](OCc3ccc(OC)cc3)C(OP(=O)(Oc3ccccc3)Oc3ccccc3)[C@H](OCc3ccc(OC)cc3)[C@H]2O)cc1. The molecule has 6 rings (SSSR count). The Balaban J connectivity index is 1.37. The zero-order valence-corrected chi connectivity index (χ0v) is 31.6. The van der Waals surface area contributed by atoms with Crippen LogP contribution in [0.1, 0.15) is 16.7 Å². The van der Waals surface area contributed by atoms with E-state index in [0.717, 1.165) is 16.7 Å². The van der Waals surface area contributed by atoms with Crippen molar-refractivity contribution in [3.63, 3.8) is 0 Å². The van der Waals surface area contributed by atoms with Crippen molar-refractivity contribution >= 4 is 7.82 Å². The lowest BCUT2D eigenvalue weighted by molar-refractivity contribution is -0.258. The van der Waals surface area contributed by atoms with Crippen molar-refractivity contribution in [1.29, 1.82) is 0 Å². The fraction of sp³-hybridized carbons (Fsp3) is 0.286. The van der Waals surface area contributed by atoms with E-state index in [-0.39, 0.29) is 31.3 Å². The fourth-order valence-electron chi connectivity index (χ4n) is 6.03. The van der Waals surface area contributed by atoms with E-state index in [1.807, 2.05) is 36.4 Å². The van der Waals surface area contributed by atoms with Crippen LogP contribution in [0.3, 0.4) is 0 Å². The molecular formula is C42H45O12P. The van der Waals surface area contributed by atoms with Crippen molar-refractivity contribution < 1.29 is 56.8 Å². The highest BCUT2D eigenvalue weighted by atomic mass is 31.2. The molecule has 0 radical (unpaired) electrons. The zero-order chi connectivity index (χ0) is 38.6. The van der Waals surface area contributed by atoms with Crippen molar-refractivity contribution in [2.24, 2.45) is 0 Å². The Hall–Kier alpha value is -4.91. The van der Waals surface area contributed by atoms with Gasteiger partial charge in [-0.15, -0.1) is 0 Å². The molecule has 2 unspecified atom stereocenters. The molecule has 55 heavy (non-hydrogen) atoms. The van der Waals surface area contributed by atoms with Gasteiger partial charge in [-0.05, 0) is 77.4 Å². The first-order valence-electron chi connectivity index (χ1n) is 17.6. The summed E-state index contributed by atoms with van der Waals surface area (Å²) >= 11 is 0. The lowest BCUT2D eigenvalue weighted by Gasteiger charge is -2.46. The van der Waals surface area contributed by atoms with Crippen LogP contribution in [-0.4, -0.2) is 68.2 Å². The summed E-state index contributed by atoms with van der Waals surface area (Å²) in [5.41, 5.74) is 2.25. The topological polar surface area (TPSA) is 141 Å². The van der Waals surface area contributed by atoms with Crippen LogP contribution >= 0.6 is 7.82 Å². The monoisotopic (exact) mass is 772 g/mol. The van der Waals surface area contributed by atoms with E-state index in [9.17, 15) is 14.8 Å². The Morgan fingerprint density at radius 3 is 1.09 bits per heavy atom. The van der Waals surface area contributed by atoms with Crippen molar-refractivity contribution in [2.45, 2.75) is 56.4 Å². The van der Waals surface area contributed by atoms with Crippen LogP contribution in [0.2, 0.25) is 0 Å². The fourth-order valence-corrected chi connectivity index (χ4v) is 7.45. The molecule has 0 heterocycles. The maximum absolute atomic E-state index is 14.8. The highest BCUT2D eigenvalue weighted by Crippen LogP contribution is 2.53. The normalized spacial score (nSPS) is 21.0. The van der Waals surface area contributed by atoms with Gasteiger partial charge in [-0.1, -0.05) is 72.8 Å². The van der Waals surface area contributed by atoms with E-state index in [4.69, 9.17) is 42.0 Å². The molecular weight excluding hydrogens is 727 g/mol. The van der Waals surface area contributed by atoms with Crippen LogP contribution in [0.25, 0.3) is 0 Å². The second-order valence-corrected chi connectivity index (χ2v) is 14.1. The standard InChI is InChI=1S/C42H45O12P/c1-46-32-20-14-29(15-21-32)26-49-39-37(43)40(50-27-30-16-22-33(47-2)23-17-30)42(41(38(39)44)51-28-31-18-24-34(48-3)25-19-31)54-55(45,52-35-10-6-4-7-11-35)53-36-12-8-5-9-13-36/h4-25,37-44H,26-28H2,1-3H3/t37-,38+,39?,40-,41-,42?/m1/s1. The molecule has 1 aliphatic rings. The van der Waals surface area contributed by atoms with Gasteiger partial charge in [0.05, 0.1) is 41.2 Å². The quantitative estimate of drug-likeness (QED) is 0.0874. The summed E-state index contributed by atoms with van der Waals surface area (Å²) in [4.78, 5) is 0. The second-order valence-electron chi connectivity index (χ2n) is 12.7. The molecule has 0 bridgehead atoms. The number of rotatable bonds is 18. The average Bonchev–Trinajstić information content (AvgIpc) is 3.21. The maximum Gasteiger partial charge on any atom is 0.588 e. The number of aliphatic hydroxyl groups is 2. The molecule has 0 aliphatic heterocycles. The molecule has 1 aliphatic carbocycles. The molecule has 0 spiro atoms. The largest absolute Gasteiger partial charge is 0.588 e. The Bertz CT molecular complexity index is 1820. The molecule has 1 fully saturated rings. The molecule has 0 amide bonds. The van der Waals surface area contributed by atoms with E-state index in [1.165, 1.54) is 0 Å². The Labute approximate surface area is 320 Å². The van der Waals surface area contributed by atoms with Gasteiger partial charge in [-0.3, -0.25) is 4.52 Å². The van der Waals surface area contributed by atoms with Crippen LogP contribution in [0, 0.1) is 0 Å². The number of phosphoric ester groups is 1. The van der Waals surface area contributed by atoms with Crippen LogP contribution in [0.4, 0.5) is 0 Å². The van der Waals surface area contributed by atoms with Crippen LogP contribution in [0.5, 0.6) is 28.7 Å². The van der Waals surface area contributed by atoms with Gasteiger partial charge in [-0.25, -0.2) is 4.57 Å². The van der Waals surface area contributed by atoms with Gasteiger partial charge in [0.25, 0.3) is 0 Å². The molecule has 290 valence electrons. The first-order valence-corrected chi connectivity index (χ1v) is 19.1. The highest BCUT2D eigenvalue weighted by molar-refractivity contribution is 7.49. The Morgan fingerprint density at radius 2 is 0.764 bits per heavy atom. The first-order chi connectivity index (χ1) is 26.8. The number of para-hydroxylation sites is 2. The van der Waals surface area contributed by atoms with Gasteiger partial charge in [0.1, 0.15) is 65.4 Å². The molecule has 5 aromatic rings. The van der Waals surface area contributed by atoms with E-state index in [2.05, 4.69) is 0 Å².